The SMILES string of the molecule is C[C@@H]1CC[C@H](c2noc(-c3ccc(F)cc3)n2)CN1C(=O)c1ccc(F)cc1. The van der Waals surface area contributed by atoms with Crippen molar-refractivity contribution in [1.82, 2.24) is 15.0 Å². The van der Waals surface area contributed by atoms with Gasteiger partial charge in [0, 0.05) is 29.6 Å². The number of halogens is 2. The van der Waals surface area contributed by atoms with Crippen molar-refractivity contribution in [1.29, 1.82) is 0 Å². The predicted molar refractivity (Wildman–Crippen MR) is 98.6 cm³/mol. The summed E-state index contributed by atoms with van der Waals surface area (Å²) in [6.45, 7) is 2.46. The third-order valence-corrected chi connectivity index (χ3v) is 5.13. The second kappa shape index (κ2) is 7.50. The van der Waals surface area contributed by atoms with Crippen LogP contribution in [0.25, 0.3) is 11.5 Å². The molecule has 0 saturated carbocycles. The molecule has 5 nitrogen and oxygen atoms in total. The van der Waals surface area contributed by atoms with E-state index >= 15 is 0 Å². The maximum atomic E-state index is 13.1. The van der Waals surface area contributed by atoms with Crippen molar-refractivity contribution in [3.05, 3.63) is 71.6 Å². The molecule has 1 fully saturated rings. The molecule has 3 aromatic rings. The first-order valence-corrected chi connectivity index (χ1v) is 9.17. The van der Waals surface area contributed by atoms with Gasteiger partial charge in [0.1, 0.15) is 11.6 Å². The molecule has 1 amide bonds. The van der Waals surface area contributed by atoms with E-state index in [2.05, 4.69) is 10.1 Å². The highest BCUT2D eigenvalue weighted by Gasteiger charge is 2.32. The minimum atomic E-state index is -0.374. The van der Waals surface area contributed by atoms with Gasteiger partial charge < -0.3 is 9.42 Å². The Morgan fingerprint density at radius 2 is 1.68 bits per heavy atom. The number of hydrogen-bond acceptors (Lipinski definition) is 4. The molecule has 4 rings (SSSR count). The van der Waals surface area contributed by atoms with Crippen LogP contribution in [0.4, 0.5) is 8.78 Å². The Morgan fingerprint density at radius 1 is 1.04 bits per heavy atom. The van der Waals surface area contributed by atoms with Gasteiger partial charge in [-0.05, 0) is 68.3 Å². The maximum absolute atomic E-state index is 13.1. The summed E-state index contributed by atoms with van der Waals surface area (Å²) in [5.41, 5.74) is 1.09. The second-order valence-electron chi connectivity index (χ2n) is 7.05. The van der Waals surface area contributed by atoms with Gasteiger partial charge in [0.15, 0.2) is 5.82 Å². The fourth-order valence-electron chi connectivity index (χ4n) is 3.47. The van der Waals surface area contributed by atoms with Crippen LogP contribution in [0.3, 0.4) is 0 Å². The Kier molecular flexibility index (Phi) is 4.90. The fraction of sp³-hybridized carbons (Fsp3) is 0.286. The minimum Gasteiger partial charge on any atom is -0.335 e. The Bertz CT molecular complexity index is 970. The highest BCUT2D eigenvalue weighted by molar-refractivity contribution is 5.94. The molecule has 0 radical (unpaired) electrons. The van der Waals surface area contributed by atoms with Crippen molar-refractivity contribution in [3.8, 4) is 11.5 Å². The van der Waals surface area contributed by atoms with Crippen LogP contribution in [0, 0.1) is 11.6 Å². The van der Waals surface area contributed by atoms with E-state index in [0.717, 1.165) is 12.8 Å². The molecular weight excluding hydrogens is 364 g/mol. The zero-order chi connectivity index (χ0) is 19.7. The molecule has 0 spiro atoms. The second-order valence-corrected chi connectivity index (χ2v) is 7.05. The summed E-state index contributed by atoms with van der Waals surface area (Å²) >= 11 is 0. The molecule has 28 heavy (non-hydrogen) atoms. The van der Waals surface area contributed by atoms with E-state index in [4.69, 9.17) is 4.52 Å². The molecule has 0 aliphatic carbocycles. The normalized spacial score (nSPS) is 19.6. The van der Waals surface area contributed by atoms with Gasteiger partial charge in [-0.1, -0.05) is 5.16 Å². The fourth-order valence-corrected chi connectivity index (χ4v) is 3.47. The van der Waals surface area contributed by atoms with Crippen molar-refractivity contribution in [3.63, 3.8) is 0 Å². The number of nitrogens with zero attached hydrogens (tertiary/aromatic N) is 3. The molecule has 2 aromatic carbocycles. The van der Waals surface area contributed by atoms with Gasteiger partial charge >= 0.3 is 0 Å². The Balaban J connectivity index is 1.52. The van der Waals surface area contributed by atoms with Crippen LogP contribution in [0.2, 0.25) is 0 Å². The zero-order valence-corrected chi connectivity index (χ0v) is 15.3. The highest BCUT2D eigenvalue weighted by Crippen LogP contribution is 2.31. The summed E-state index contributed by atoms with van der Waals surface area (Å²) in [6, 6.07) is 11.5. The van der Waals surface area contributed by atoms with Crippen molar-refractivity contribution in [2.24, 2.45) is 0 Å². The van der Waals surface area contributed by atoms with Crippen LogP contribution >= 0.6 is 0 Å². The molecule has 1 saturated heterocycles. The van der Waals surface area contributed by atoms with Crippen molar-refractivity contribution in [2.45, 2.75) is 31.7 Å². The predicted octanol–water partition coefficient (Wildman–Crippen LogP) is 4.42. The first-order valence-electron chi connectivity index (χ1n) is 9.17. The molecule has 1 aromatic heterocycles. The third kappa shape index (κ3) is 3.65. The molecule has 0 unspecified atom stereocenters. The van der Waals surface area contributed by atoms with Crippen LogP contribution < -0.4 is 0 Å². The summed E-state index contributed by atoms with van der Waals surface area (Å²) in [5.74, 6) is -0.0490. The molecular formula is C21H19F2N3O2. The molecule has 2 heterocycles. The highest BCUT2D eigenvalue weighted by atomic mass is 19.1. The number of likely N-dealkylation sites (tertiary alicyclic amines) is 1. The van der Waals surface area contributed by atoms with Crippen LogP contribution in [-0.2, 0) is 0 Å². The van der Waals surface area contributed by atoms with E-state index in [9.17, 15) is 13.6 Å². The van der Waals surface area contributed by atoms with E-state index < -0.39 is 0 Å². The molecule has 7 heteroatoms. The van der Waals surface area contributed by atoms with E-state index in [1.54, 1.807) is 17.0 Å². The molecule has 1 aliphatic rings. The van der Waals surface area contributed by atoms with E-state index in [1.165, 1.54) is 36.4 Å². The van der Waals surface area contributed by atoms with Gasteiger partial charge in [-0.3, -0.25) is 4.79 Å². The zero-order valence-electron chi connectivity index (χ0n) is 15.3. The van der Waals surface area contributed by atoms with E-state index in [0.29, 0.717) is 29.4 Å². The molecule has 0 bridgehead atoms. The Hall–Kier alpha value is -3.09. The van der Waals surface area contributed by atoms with Gasteiger partial charge in [0.25, 0.3) is 11.8 Å². The Labute approximate surface area is 161 Å². The largest absolute Gasteiger partial charge is 0.335 e. The monoisotopic (exact) mass is 383 g/mol. The van der Waals surface area contributed by atoms with Gasteiger partial charge in [0.05, 0.1) is 0 Å². The topological polar surface area (TPSA) is 59.2 Å². The number of carbonyl (C=O) groups is 1. The average molecular weight is 383 g/mol. The van der Waals surface area contributed by atoms with Crippen LogP contribution in [0.15, 0.2) is 53.1 Å². The molecule has 0 N–H and O–H groups in total. The average Bonchev–Trinajstić information content (AvgIpc) is 3.19. The van der Waals surface area contributed by atoms with Gasteiger partial charge in [-0.15, -0.1) is 0 Å². The van der Waals surface area contributed by atoms with Gasteiger partial charge in [-0.2, -0.15) is 4.98 Å². The number of hydrogen-bond donors (Lipinski definition) is 0. The van der Waals surface area contributed by atoms with Crippen molar-refractivity contribution < 1.29 is 18.1 Å². The number of benzene rings is 2. The van der Waals surface area contributed by atoms with Crippen molar-refractivity contribution >= 4 is 5.91 Å². The molecule has 1 aliphatic heterocycles. The number of aromatic nitrogens is 2. The van der Waals surface area contributed by atoms with Gasteiger partial charge in [-0.25, -0.2) is 8.78 Å². The number of carbonyl (C=O) groups excluding carboxylic acids is 1. The molecule has 144 valence electrons. The lowest BCUT2D eigenvalue weighted by Crippen LogP contribution is -2.45. The quantitative estimate of drug-likeness (QED) is 0.672. The summed E-state index contributed by atoms with van der Waals surface area (Å²) in [4.78, 5) is 19.1. The first kappa shape index (κ1) is 18.3. The summed E-state index contributed by atoms with van der Waals surface area (Å²) in [6.07, 6.45) is 1.63. The Morgan fingerprint density at radius 3 is 2.36 bits per heavy atom. The van der Waals surface area contributed by atoms with Crippen LogP contribution in [-0.4, -0.2) is 33.5 Å². The number of rotatable bonds is 3. The smallest absolute Gasteiger partial charge is 0.257 e. The summed E-state index contributed by atoms with van der Waals surface area (Å²) in [7, 11) is 0. The number of amides is 1. The minimum absolute atomic E-state index is 0.0569. The van der Waals surface area contributed by atoms with E-state index in [1.807, 2.05) is 6.92 Å². The standard InChI is InChI=1S/C21H19F2N3O2/c1-13-2-3-16(12-26(13)21(27)15-6-10-18(23)11-7-15)19-24-20(28-25-19)14-4-8-17(22)9-5-14/h4-11,13,16H,2-3,12H2,1H3/t13-,16+/m1/s1. The lowest BCUT2D eigenvalue weighted by atomic mass is 9.92. The van der Waals surface area contributed by atoms with E-state index in [-0.39, 0.29) is 29.5 Å². The lowest BCUT2D eigenvalue weighted by Gasteiger charge is -2.37. The first-order chi connectivity index (χ1) is 13.5. The molecule has 2 atom stereocenters. The lowest BCUT2D eigenvalue weighted by molar-refractivity contribution is 0.0604. The summed E-state index contributed by atoms with van der Waals surface area (Å²) < 4.78 is 31.6. The third-order valence-electron chi connectivity index (χ3n) is 5.13. The van der Waals surface area contributed by atoms with Crippen LogP contribution in [0.5, 0.6) is 0 Å². The van der Waals surface area contributed by atoms with Crippen molar-refractivity contribution in [2.75, 3.05) is 6.54 Å². The maximum Gasteiger partial charge on any atom is 0.257 e. The number of piperidine rings is 1. The summed E-state index contributed by atoms with van der Waals surface area (Å²) in [5, 5.41) is 4.07. The van der Waals surface area contributed by atoms with Crippen LogP contribution in [0.1, 0.15) is 41.9 Å². The van der Waals surface area contributed by atoms with Gasteiger partial charge in [0.2, 0.25) is 0 Å².